The molecular formula is C32H58O2. The fourth-order valence-electron chi connectivity index (χ4n) is 4.09. The summed E-state index contributed by atoms with van der Waals surface area (Å²) in [5, 5.41) is 0. The number of allylic oxidation sites excluding steroid dienone is 6. The second kappa shape index (κ2) is 29.7. The molecule has 0 aliphatic heterocycles. The van der Waals surface area contributed by atoms with Gasteiger partial charge in [0.15, 0.2) is 0 Å². The Bertz CT molecular complexity index is 489. The van der Waals surface area contributed by atoms with Crippen LogP contribution in [0.3, 0.4) is 0 Å². The standard InChI is InChI=1S/C32H58O2/c1-3-5-7-9-11-13-15-16-17-18-19-21-23-25-27-29-31-34-32(33)30-28-26-24-22-20-14-12-10-8-6-4-2/h5,7,11,13,16-17H,3-4,6,8-10,12,14-15,18-31H2,1-2H3/b7-5+,13-11+,17-16+. The van der Waals surface area contributed by atoms with Crippen LogP contribution in [-0.2, 0) is 9.53 Å². The van der Waals surface area contributed by atoms with Crippen LogP contribution in [0, 0.1) is 0 Å². The summed E-state index contributed by atoms with van der Waals surface area (Å²) in [4.78, 5) is 11.8. The number of unbranched alkanes of at least 4 members (excludes halogenated alkanes) is 16. The van der Waals surface area contributed by atoms with Crippen molar-refractivity contribution in [3.63, 3.8) is 0 Å². The molecule has 0 aromatic rings. The van der Waals surface area contributed by atoms with Gasteiger partial charge in [-0.15, -0.1) is 0 Å². The molecule has 0 aliphatic carbocycles. The third kappa shape index (κ3) is 28.7. The Morgan fingerprint density at radius 2 is 1.00 bits per heavy atom. The zero-order valence-corrected chi connectivity index (χ0v) is 23.0. The van der Waals surface area contributed by atoms with Crippen LogP contribution >= 0.6 is 0 Å². The number of rotatable bonds is 26. The number of esters is 1. The van der Waals surface area contributed by atoms with Crippen LogP contribution in [0.15, 0.2) is 36.5 Å². The Hall–Kier alpha value is -1.31. The molecule has 2 heteroatoms. The van der Waals surface area contributed by atoms with Crippen molar-refractivity contribution in [2.45, 2.75) is 155 Å². The first-order valence-corrected chi connectivity index (χ1v) is 14.9. The monoisotopic (exact) mass is 474 g/mol. The van der Waals surface area contributed by atoms with Crippen molar-refractivity contribution in [2.24, 2.45) is 0 Å². The summed E-state index contributed by atoms with van der Waals surface area (Å²) in [6.07, 6.45) is 40.4. The second-order valence-corrected chi connectivity index (χ2v) is 9.71. The molecule has 0 aromatic carbocycles. The van der Waals surface area contributed by atoms with E-state index in [1.54, 1.807) is 0 Å². The van der Waals surface area contributed by atoms with Gasteiger partial charge in [-0.1, -0.05) is 140 Å². The van der Waals surface area contributed by atoms with E-state index in [0.717, 1.165) is 32.1 Å². The van der Waals surface area contributed by atoms with Gasteiger partial charge in [0.25, 0.3) is 0 Å². The second-order valence-electron chi connectivity index (χ2n) is 9.71. The summed E-state index contributed by atoms with van der Waals surface area (Å²) < 4.78 is 5.40. The molecule has 0 atom stereocenters. The van der Waals surface area contributed by atoms with E-state index in [1.165, 1.54) is 103 Å². The van der Waals surface area contributed by atoms with E-state index in [2.05, 4.69) is 50.3 Å². The molecule has 0 saturated heterocycles. The van der Waals surface area contributed by atoms with Crippen LogP contribution in [-0.4, -0.2) is 12.6 Å². The predicted molar refractivity (Wildman–Crippen MR) is 151 cm³/mol. The Morgan fingerprint density at radius 1 is 0.529 bits per heavy atom. The molecule has 0 fully saturated rings. The van der Waals surface area contributed by atoms with Gasteiger partial charge in [0, 0.05) is 6.42 Å². The summed E-state index contributed by atoms with van der Waals surface area (Å²) in [5.41, 5.74) is 0. The maximum Gasteiger partial charge on any atom is 0.305 e. The van der Waals surface area contributed by atoms with Crippen molar-refractivity contribution >= 4 is 5.97 Å². The van der Waals surface area contributed by atoms with Gasteiger partial charge in [0.1, 0.15) is 0 Å². The first-order valence-electron chi connectivity index (χ1n) is 14.9. The van der Waals surface area contributed by atoms with Crippen LogP contribution < -0.4 is 0 Å². The normalized spacial score (nSPS) is 11.9. The lowest BCUT2D eigenvalue weighted by Gasteiger charge is -2.05. The number of hydrogen-bond donors (Lipinski definition) is 0. The van der Waals surface area contributed by atoms with Crippen molar-refractivity contribution in [3.8, 4) is 0 Å². The summed E-state index contributed by atoms with van der Waals surface area (Å²) in [6, 6.07) is 0. The van der Waals surface area contributed by atoms with Gasteiger partial charge in [-0.2, -0.15) is 0 Å². The van der Waals surface area contributed by atoms with E-state index in [-0.39, 0.29) is 5.97 Å². The summed E-state index contributed by atoms with van der Waals surface area (Å²) in [6.45, 7) is 5.05. The van der Waals surface area contributed by atoms with Crippen LogP contribution in [0.5, 0.6) is 0 Å². The third-order valence-corrected chi connectivity index (χ3v) is 6.29. The number of ether oxygens (including phenoxy) is 1. The summed E-state index contributed by atoms with van der Waals surface area (Å²) >= 11 is 0. The minimum absolute atomic E-state index is 0.00924. The van der Waals surface area contributed by atoms with E-state index in [0.29, 0.717) is 13.0 Å². The highest BCUT2D eigenvalue weighted by Gasteiger charge is 2.02. The highest BCUT2D eigenvalue weighted by atomic mass is 16.5. The van der Waals surface area contributed by atoms with E-state index < -0.39 is 0 Å². The maximum atomic E-state index is 11.8. The van der Waals surface area contributed by atoms with Gasteiger partial charge in [-0.3, -0.25) is 4.79 Å². The van der Waals surface area contributed by atoms with Crippen molar-refractivity contribution in [1.29, 1.82) is 0 Å². The van der Waals surface area contributed by atoms with Gasteiger partial charge in [-0.05, 0) is 44.9 Å². The molecule has 34 heavy (non-hydrogen) atoms. The lowest BCUT2D eigenvalue weighted by atomic mass is 10.1. The van der Waals surface area contributed by atoms with Gasteiger partial charge >= 0.3 is 5.97 Å². The SMILES string of the molecule is CC/C=C/C/C=C/C/C=C/CCCCCCCCOC(=O)CCCCCCCCCCCCC. The molecule has 0 aromatic heterocycles. The van der Waals surface area contributed by atoms with Crippen LogP contribution in [0.25, 0.3) is 0 Å². The minimum Gasteiger partial charge on any atom is -0.466 e. The van der Waals surface area contributed by atoms with E-state index in [9.17, 15) is 4.79 Å². The predicted octanol–water partition coefficient (Wildman–Crippen LogP) is 10.8. The summed E-state index contributed by atoms with van der Waals surface area (Å²) in [7, 11) is 0. The lowest BCUT2D eigenvalue weighted by molar-refractivity contribution is -0.143. The maximum absolute atomic E-state index is 11.8. The number of carbonyl (C=O) groups is 1. The molecule has 198 valence electrons. The molecule has 0 spiro atoms. The van der Waals surface area contributed by atoms with E-state index in [4.69, 9.17) is 4.74 Å². The Balaban J connectivity index is 3.25. The van der Waals surface area contributed by atoms with E-state index in [1.807, 2.05) is 0 Å². The van der Waals surface area contributed by atoms with Crippen LogP contribution in [0.1, 0.15) is 155 Å². The van der Waals surface area contributed by atoms with Crippen molar-refractivity contribution in [2.75, 3.05) is 6.61 Å². The molecule has 0 heterocycles. The Labute approximate surface area is 213 Å². The van der Waals surface area contributed by atoms with Gasteiger partial charge in [0.2, 0.25) is 0 Å². The Kier molecular flexibility index (Phi) is 28.6. The molecule has 0 N–H and O–H groups in total. The van der Waals surface area contributed by atoms with Gasteiger partial charge < -0.3 is 4.74 Å². The zero-order valence-electron chi connectivity index (χ0n) is 23.0. The minimum atomic E-state index is 0.00924. The molecule has 0 saturated carbocycles. The molecule has 2 nitrogen and oxygen atoms in total. The molecule has 0 bridgehead atoms. The van der Waals surface area contributed by atoms with Crippen LogP contribution in [0.2, 0.25) is 0 Å². The van der Waals surface area contributed by atoms with Crippen molar-refractivity contribution in [3.05, 3.63) is 36.5 Å². The van der Waals surface area contributed by atoms with Crippen molar-refractivity contribution < 1.29 is 9.53 Å². The average molecular weight is 475 g/mol. The quantitative estimate of drug-likeness (QED) is 0.0707. The highest BCUT2D eigenvalue weighted by Crippen LogP contribution is 2.12. The Morgan fingerprint density at radius 3 is 1.59 bits per heavy atom. The fraction of sp³-hybridized carbons (Fsp3) is 0.781. The van der Waals surface area contributed by atoms with E-state index >= 15 is 0 Å². The average Bonchev–Trinajstić information content (AvgIpc) is 2.84. The first kappa shape index (κ1) is 32.7. The number of carbonyl (C=O) groups excluding carboxylic acids is 1. The molecule has 0 unspecified atom stereocenters. The molecule has 0 rings (SSSR count). The van der Waals surface area contributed by atoms with Gasteiger partial charge in [0.05, 0.1) is 6.61 Å². The summed E-state index contributed by atoms with van der Waals surface area (Å²) in [5.74, 6) is 0.00924. The van der Waals surface area contributed by atoms with Crippen LogP contribution in [0.4, 0.5) is 0 Å². The fourth-order valence-corrected chi connectivity index (χ4v) is 4.09. The molecular weight excluding hydrogens is 416 g/mol. The molecule has 0 amide bonds. The smallest absolute Gasteiger partial charge is 0.305 e. The molecule has 0 radical (unpaired) electrons. The topological polar surface area (TPSA) is 26.3 Å². The zero-order chi connectivity index (χ0) is 24.8. The highest BCUT2D eigenvalue weighted by molar-refractivity contribution is 5.69. The molecule has 0 aliphatic rings. The lowest BCUT2D eigenvalue weighted by Crippen LogP contribution is -2.05. The first-order chi connectivity index (χ1) is 16.8. The third-order valence-electron chi connectivity index (χ3n) is 6.29. The van der Waals surface area contributed by atoms with Crippen molar-refractivity contribution in [1.82, 2.24) is 0 Å². The largest absolute Gasteiger partial charge is 0.466 e. The van der Waals surface area contributed by atoms with Gasteiger partial charge in [-0.25, -0.2) is 0 Å². The number of hydrogen-bond acceptors (Lipinski definition) is 2.